The fourth-order valence-corrected chi connectivity index (χ4v) is 4.10. The summed E-state index contributed by atoms with van der Waals surface area (Å²) in [5, 5.41) is 0. The lowest BCUT2D eigenvalue weighted by Crippen LogP contribution is -2.33. The van der Waals surface area contributed by atoms with Gasteiger partial charge in [0.1, 0.15) is 0 Å². The van der Waals surface area contributed by atoms with E-state index >= 15 is 0 Å². The van der Waals surface area contributed by atoms with Crippen LogP contribution in [0.5, 0.6) is 0 Å². The van der Waals surface area contributed by atoms with Crippen molar-refractivity contribution in [1.29, 1.82) is 0 Å². The minimum Gasteiger partial charge on any atom is -0.207 e. The van der Waals surface area contributed by atoms with E-state index in [1.807, 2.05) is 26.0 Å². The molecule has 19 heavy (non-hydrogen) atoms. The normalized spacial score (nSPS) is 16.0. The highest BCUT2D eigenvalue weighted by atomic mass is 35.5. The van der Waals surface area contributed by atoms with Crippen LogP contribution in [0, 0.1) is 12.8 Å². The fourth-order valence-electron chi connectivity index (χ4n) is 2.13. The minimum absolute atomic E-state index is 0.331. The molecule has 0 bridgehead atoms. The van der Waals surface area contributed by atoms with E-state index in [2.05, 4.69) is 0 Å². The summed E-state index contributed by atoms with van der Waals surface area (Å²) in [5.74, 6) is 0.878. The Hall–Kier alpha value is -0.580. The molecule has 0 aromatic heterocycles. The zero-order valence-corrected chi connectivity index (χ0v) is 13.0. The van der Waals surface area contributed by atoms with Crippen LogP contribution in [-0.4, -0.2) is 25.8 Å². The largest absolute Gasteiger partial charge is 0.243 e. The number of hydrogen-bond acceptors (Lipinski definition) is 2. The van der Waals surface area contributed by atoms with E-state index in [1.165, 1.54) is 0 Å². The molecule has 0 aliphatic heterocycles. The van der Waals surface area contributed by atoms with Gasteiger partial charge in [-0.25, -0.2) is 8.42 Å². The van der Waals surface area contributed by atoms with Crippen LogP contribution in [0.1, 0.15) is 30.9 Å². The van der Waals surface area contributed by atoms with Crippen LogP contribution >= 0.6 is 11.6 Å². The van der Waals surface area contributed by atoms with E-state index < -0.39 is 10.0 Å². The van der Waals surface area contributed by atoms with Gasteiger partial charge in [0, 0.05) is 19.0 Å². The zero-order valence-electron chi connectivity index (χ0n) is 11.4. The molecule has 3 nitrogen and oxygen atoms in total. The lowest BCUT2D eigenvalue weighted by Gasteiger charge is -2.21. The summed E-state index contributed by atoms with van der Waals surface area (Å²) in [6, 6.07) is 5.40. The molecule has 5 heteroatoms. The molecule has 0 amide bonds. The first kappa shape index (κ1) is 14.8. The van der Waals surface area contributed by atoms with Crippen molar-refractivity contribution in [2.45, 2.75) is 37.5 Å². The maximum absolute atomic E-state index is 12.7. The van der Waals surface area contributed by atoms with Crippen LogP contribution in [0.25, 0.3) is 0 Å². The maximum atomic E-state index is 12.7. The van der Waals surface area contributed by atoms with Crippen LogP contribution in [0.2, 0.25) is 0 Å². The zero-order chi connectivity index (χ0) is 14.0. The Morgan fingerprint density at radius 1 is 1.37 bits per heavy atom. The van der Waals surface area contributed by atoms with Gasteiger partial charge in [0.15, 0.2) is 0 Å². The molecular weight excluding hydrogens is 282 g/mol. The molecule has 0 radical (unpaired) electrons. The van der Waals surface area contributed by atoms with Gasteiger partial charge in [-0.3, -0.25) is 0 Å². The molecule has 0 atom stereocenters. The molecule has 106 valence electrons. The molecule has 0 unspecified atom stereocenters. The van der Waals surface area contributed by atoms with Crippen LogP contribution in [0.4, 0.5) is 0 Å². The van der Waals surface area contributed by atoms with Gasteiger partial charge in [-0.1, -0.05) is 19.1 Å². The Bertz CT molecular complexity index is 553. The third kappa shape index (κ3) is 3.30. The average molecular weight is 302 g/mol. The Morgan fingerprint density at radius 3 is 2.58 bits per heavy atom. The molecule has 0 spiro atoms. The smallest absolute Gasteiger partial charge is 0.207 e. The van der Waals surface area contributed by atoms with Gasteiger partial charge in [0.2, 0.25) is 10.0 Å². The van der Waals surface area contributed by atoms with Gasteiger partial charge >= 0.3 is 0 Å². The third-order valence-corrected chi connectivity index (χ3v) is 5.93. The van der Waals surface area contributed by atoms with Crippen molar-refractivity contribution < 1.29 is 8.42 Å². The van der Waals surface area contributed by atoms with Crippen LogP contribution in [-0.2, 0) is 15.9 Å². The van der Waals surface area contributed by atoms with Gasteiger partial charge in [0.05, 0.1) is 4.90 Å². The predicted octanol–water partition coefficient (Wildman–Crippen LogP) is 3.15. The molecule has 0 heterocycles. The topological polar surface area (TPSA) is 37.4 Å². The predicted molar refractivity (Wildman–Crippen MR) is 77.9 cm³/mol. The molecule has 1 aromatic carbocycles. The maximum Gasteiger partial charge on any atom is 0.243 e. The third-order valence-electron chi connectivity index (χ3n) is 3.54. The lowest BCUT2D eigenvalue weighted by molar-refractivity contribution is 0.411. The van der Waals surface area contributed by atoms with Crippen molar-refractivity contribution in [3.05, 3.63) is 29.3 Å². The Kier molecular flexibility index (Phi) is 4.54. The highest BCUT2D eigenvalue weighted by Crippen LogP contribution is 2.32. The highest BCUT2D eigenvalue weighted by molar-refractivity contribution is 7.89. The molecule has 2 rings (SSSR count). The quantitative estimate of drug-likeness (QED) is 0.757. The summed E-state index contributed by atoms with van der Waals surface area (Å²) in [7, 11) is -3.39. The summed E-state index contributed by atoms with van der Waals surface area (Å²) < 4.78 is 27.0. The summed E-state index contributed by atoms with van der Waals surface area (Å²) >= 11 is 5.80. The minimum atomic E-state index is -3.39. The second-order valence-electron chi connectivity index (χ2n) is 5.13. The van der Waals surface area contributed by atoms with E-state index in [9.17, 15) is 8.42 Å². The molecule has 1 saturated carbocycles. The van der Waals surface area contributed by atoms with Crippen molar-refractivity contribution >= 4 is 21.6 Å². The van der Waals surface area contributed by atoms with Gasteiger partial charge in [-0.2, -0.15) is 4.31 Å². The van der Waals surface area contributed by atoms with E-state index in [-0.39, 0.29) is 0 Å². The molecular formula is C14H20ClNO2S. The van der Waals surface area contributed by atoms with Crippen molar-refractivity contribution in [2.24, 2.45) is 5.92 Å². The number of rotatable bonds is 6. The Morgan fingerprint density at radius 2 is 2.05 bits per heavy atom. The summed E-state index contributed by atoms with van der Waals surface area (Å²) in [6.07, 6.45) is 2.29. The summed E-state index contributed by atoms with van der Waals surface area (Å²) in [4.78, 5) is 0.396. The number of halogens is 1. The molecule has 1 fully saturated rings. The molecule has 0 N–H and O–H groups in total. The van der Waals surface area contributed by atoms with E-state index in [1.54, 1.807) is 10.4 Å². The first-order valence-corrected chi connectivity index (χ1v) is 8.62. The van der Waals surface area contributed by atoms with Gasteiger partial charge in [-0.05, 0) is 42.9 Å². The molecule has 1 aromatic rings. The standard InChI is InChI=1S/C14H20ClNO2S/c1-3-16(10-12-6-7-12)19(17,18)14-8-13(9-15)5-4-11(14)2/h4-5,8,12H,3,6-7,9-10H2,1-2H3. The first-order chi connectivity index (χ1) is 8.98. The Labute approximate surface area is 120 Å². The number of sulfonamides is 1. The number of benzene rings is 1. The van der Waals surface area contributed by atoms with E-state index in [0.717, 1.165) is 24.0 Å². The number of aryl methyl sites for hydroxylation is 1. The number of alkyl halides is 1. The van der Waals surface area contributed by atoms with Gasteiger partial charge < -0.3 is 0 Å². The van der Waals surface area contributed by atoms with Crippen LogP contribution in [0.3, 0.4) is 0 Å². The molecule has 0 saturated heterocycles. The second kappa shape index (κ2) is 5.81. The number of nitrogens with zero attached hydrogens (tertiary/aromatic N) is 1. The van der Waals surface area contributed by atoms with Crippen molar-refractivity contribution in [1.82, 2.24) is 4.31 Å². The molecule has 1 aliphatic rings. The van der Waals surface area contributed by atoms with Gasteiger partial charge in [-0.15, -0.1) is 11.6 Å². The van der Waals surface area contributed by atoms with Crippen molar-refractivity contribution in [3.8, 4) is 0 Å². The van der Waals surface area contributed by atoms with Crippen LogP contribution < -0.4 is 0 Å². The average Bonchev–Trinajstić information content (AvgIpc) is 3.20. The monoisotopic (exact) mass is 301 g/mol. The summed E-state index contributed by atoms with van der Waals surface area (Å²) in [6.45, 7) is 4.88. The lowest BCUT2D eigenvalue weighted by atomic mass is 10.2. The first-order valence-electron chi connectivity index (χ1n) is 6.64. The Balaban J connectivity index is 2.35. The fraction of sp³-hybridized carbons (Fsp3) is 0.571. The molecule has 1 aliphatic carbocycles. The van der Waals surface area contributed by atoms with E-state index in [0.29, 0.717) is 29.8 Å². The second-order valence-corrected chi connectivity index (χ2v) is 7.31. The van der Waals surface area contributed by atoms with Crippen molar-refractivity contribution in [3.63, 3.8) is 0 Å². The van der Waals surface area contributed by atoms with E-state index in [4.69, 9.17) is 11.6 Å². The SMILES string of the molecule is CCN(CC1CC1)S(=O)(=O)c1cc(CCl)ccc1C. The number of hydrogen-bond donors (Lipinski definition) is 0. The van der Waals surface area contributed by atoms with Crippen molar-refractivity contribution in [2.75, 3.05) is 13.1 Å². The van der Waals surface area contributed by atoms with Crippen LogP contribution in [0.15, 0.2) is 23.1 Å². The summed E-state index contributed by atoms with van der Waals surface area (Å²) in [5.41, 5.74) is 1.62. The highest BCUT2D eigenvalue weighted by Gasteiger charge is 2.31. The van der Waals surface area contributed by atoms with Gasteiger partial charge in [0.25, 0.3) is 0 Å².